The van der Waals surface area contributed by atoms with E-state index >= 15 is 0 Å². The van der Waals surface area contributed by atoms with Gasteiger partial charge in [-0.2, -0.15) is 0 Å². The lowest BCUT2D eigenvalue weighted by Crippen LogP contribution is -2.41. The van der Waals surface area contributed by atoms with Gasteiger partial charge in [-0.15, -0.1) is 0 Å². The van der Waals surface area contributed by atoms with Gasteiger partial charge in [-0.05, 0) is 29.2 Å². The minimum atomic E-state index is -3.32. The number of nitrogens with zero attached hydrogens (tertiary/aromatic N) is 1. The summed E-state index contributed by atoms with van der Waals surface area (Å²) >= 11 is 6.31. The van der Waals surface area contributed by atoms with Gasteiger partial charge in [0.25, 0.3) is 12.7 Å². The molecule has 142 valence electrons. The fraction of sp³-hybridized carbons (Fsp3) is 0.444. The highest BCUT2D eigenvalue weighted by molar-refractivity contribution is 6.31. The predicted molar refractivity (Wildman–Crippen MR) is 94.8 cm³/mol. The van der Waals surface area contributed by atoms with Gasteiger partial charge in [-0.3, -0.25) is 0 Å². The third-order valence-corrected chi connectivity index (χ3v) is 4.09. The van der Waals surface area contributed by atoms with Crippen molar-refractivity contribution in [2.75, 3.05) is 6.79 Å². The van der Waals surface area contributed by atoms with Gasteiger partial charge < -0.3 is 14.3 Å². The van der Waals surface area contributed by atoms with Crippen LogP contribution in [0.5, 0.6) is 5.75 Å². The monoisotopic (exact) mass is 387 g/mol. The van der Waals surface area contributed by atoms with E-state index in [0.29, 0.717) is 17.5 Å². The van der Waals surface area contributed by atoms with Gasteiger partial charge in [-0.25, -0.2) is 13.6 Å². The first-order valence-electron chi connectivity index (χ1n) is 7.80. The van der Waals surface area contributed by atoms with Crippen LogP contribution in [0, 0.1) is 0 Å². The number of hydrogen-bond acceptors (Lipinski definition) is 5. The van der Waals surface area contributed by atoms with Gasteiger partial charge in [0.05, 0.1) is 5.57 Å². The second-order valence-electron chi connectivity index (χ2n) is 6.98. The first-order chi connectivity index (χ1) is 11.9. The van der Waals surface area contributed by atoms with Crippen LogP contribution < -0.4 is 4.74 Å². The maximum absolute atomic E-state index is 14.1. The van der Waals surface area contributed by atoms with Gasteiger partial charge in [-0.1, -0.05) is 37.5 Å². The minimum Gasteiger partial charge on any atom is -0.478 e. The van der Waals surface area contributed by atoms with Crippen molar-refractivity contribution in [1.29, 1.82) is 0 Å². The summed E-state index contributed by atoms with van der Waals surface area (Å²) in [7, 11) is 0. The van der Waals surface area contributed by atoms with E-state index in [-0.39, 0.29) is 16.7 Å². The molecular formula is C18H20ClF2NO4. The molecule has 1 heterocycles. The molecule has 0 unspecified atom stereocenters. The number of carbonyl (C=O) groups is 1. The molecule has 0 N–H and O–H groups in total. The number of rotatable bonds is 5. The summed E-state index contributed by atoms with van der Waals surface area (Å²) in [5.74, 6) is -4.09. The Labute approximate surface area is 155 Å². The van der Waals surface area contributed by atoms with E-state index in [1.54, 1.807) is 12.1 Å². The molecule has 0 aromatic heterocycles. The normalized spacial score (nSPS) is 16.9. The Kier molecular flexibility index (Phi) is 5.61. The van der Waals surface area contributed by atoms with Gasteiger partial charge in [0.15, 0.2) is 6.10 Å². The van der Waals surface area contributed by atoms with Crippen molar-refractivity contribution >= 4 is 30.4 Å². The Balaban J connectivity index is 2.48. The molecule has 1 atom stereocenters. The van der Waals surface area contributed by atoms with Gasteiger partial charge in [0.2, 0.25) is 0 Å². The Morgan fingerprint density at radius 2 is 2.00 bits per heavy atom. The van der Waals surface area contributed by atoms with E-state index in [2.05, 4.69) is 16.7 Å². The summed E-state index contributed by atoms with van der Waals surface area (Å²) in [6.07, 6.45) is -0.503. The Morgan fingerprint density at radius 3 is 2.54 bits per heavy atom. The summed E-state index contributed by atoms with van der Waals surface area (Å²) in [4.78, 5) is 16.6. The van der Waals surface area contributed by atoms with Crippen molar-refractivity contribution < 1.29 is 27.9 Å². The second kappa shape index (κ2) is 7.23. The molecule has 0 fully saturated rings. The molecule has 26 heavy (non-hydrogen) atoms. The zero-order valence-corrected chi connectivity index (χ0v) is 15.7. The van der Waals surface area contributed by atoms with Crippen LogP contribution in [-0.4, -0.2) is 31.5 Å². The van der Waals surface area contributed by atoms with E-state index in [4.69, 9.17) is 21.1 Å². The molecule has 0 saturated carbocycles. The quantitative estimate of drug-likeness (QED) is 0.244. The lowest BCUT2D eigenvalue weighted by molar-refractivity contribution is -0.155. The fourth-order valence-electron chi connectivity index (χ4n) is 2.54. The SMILES string of the molecule is C=NOCOC(=O)C1=Cc2cc(Cl)c(C(C)(C)C)cc2O[C@@H]1C(C)(F)F. The third kappa shape index (κ3) is 4.33. The number of benzene rings is 1. The Bertz CT molecular complexity index is 751. The van der Waals surface area contributed by atoms with Crippen molar-refractivity contribution in [1.82, 2.24) is 0 Å². The molecule has 0 aliphatic carbocycles. The van der Waals surface area contributed by atoms with Crippen LogP contribution in [0.25, 0.3) is 6.08 Å². The molecule has 1 aromatic rings. The number of ether oxygens (including phenoxy) is 2. The largest absolute Gasteiger partial charge is 0.478 e. The Hall–Kier alpha value is -2.15. The molecule has 8 heteroatoms. The maximum Gasteiger partial charge on any atom is 0.341 e. The summed E-state index contributed by atoms with van der Waals surface area (Å²) < 4.78 is 38.3. The standard InChI is InChI=1S/C18H20ClF2NO4/c1-17(2,3)12-8-14-10(7-13(12)19)6-11(15(26-14)18(4,20)21)16(23)24-9-25-22-5/h6-8,15H,5,9H2,1-4H3/t15-/m0/s1. The lowest BCUT2D eigenvalue weighted by Gasteiger charge is -2.31. The number of halogens is 3. The molecule has 0 spiro atoms. The molecule has 2 rings (SSSR count). The van der Waals surface area contributed by atoms with E-state index in [1.165, 1.54) is 6.08 Å². The average molecular weight is 388 g/mol. The van der Waals surface area contributed by atoms with Crippen molar-refractivity contribution in [3.8, 4) is 5.75 Å². The number of hydrogen-bond donors (Lipinski definition) is 0. The number of fused-ring (bicyclic) bond motifs is 1. The lowest BCUT2D eigenvalue weighted by atomic mass is 9.85. The Morgan fingerprint density at radius 1 is 1.35 bits per heavy atom. The molecule has 0 amide bonds. The smallest absolute Gasteiger partial charge is 0.341 e. The van der Waals surface area contributed by atoms with Crippen LogP contribution in [0.2, 0.25) is 5.02 Å². The molecule has 1 aliphatic rings. The van der Waals surface area contributed by atoms with Crippen LogP contribution in [0.1, 0.15) is 38.8 Å². The van der Waals surface area contributed by atoms with Crippen molar-refractivity contribution in [2.24, 2.45) is 5.16 Å². The van der Waals surface area contributed by atoms with Crippen LogP contribution in [0.15, 0.2) is 22.9 Å². The van der Waals surface area contributed by atoms with E-state index in [0.717, 1.165) is 5.56 Å². The second-order valence-corrected chi connectivity index (χ2v) is 7.39. The number of carbonyl (C=O) groups excluding carboxylic acids is 1. The maximum atomic E-state index is 14.1. The highest BCUT2D eigenvalue weighted by Gasteiger charge is 2.44. The first kappa shape index (κ1) is 20.2. The van der Waals surface area contributed by atoms with Gasteiger partial charge in [0, 0.05) is 24.2 Å². The van der Waals surface area contributed by atoms with E-state index < -0.39 is 24.8 Å². The van der Waals surface area contributed by atoms with Crippen LogP contribution >= 0.6 is 11.6 Å². The average Bonchev–Trinajstić information content (AvgIpc) is 2.51. The number of oxime groups is 1. The van der Waals surface area contributed by atoms with Crippen molar-refractivity contribution in [2.45, 2.75) is 45.1 Å². The molecule has 1 aliphatic heterocycles. The highest BCUT2D eigenvalue weighted by atomic mass is 35.5. The zero-order chi connectivity index (χ0) is 19.7. The number of esters is 1. The molecule has 1 aromatic carbocycles. The molecule has 0 bridgehead atoms. The van der Waals surface area contributed by atoms with Crippen LogP contribution in [0.4, 0.5) is 8.78 Å². The van der Waals surface area contributed by atoms with Crippen LogP contribution in [-0.2, 0) is 19.8 Å². The molecule has 0 radical (unpaired) electrons. The molecule has 5 nitrogen and oxygen atoms in total. The third-order valence-electron chi connectivity index (χ3n) is 3.78. The highest BCUT2D eigenvalue weighted by Crippen LogP contribution is 2.41. The summed E-state index contributed by atoms with van der Waals surface area (Å²) in [6, 6.07) is 3.20. The first-order valence-corrected chi connectivity index (χ1v) is 8.18. The van der Waals surface area contributed by atoms with Crippen molar-refractivity contribution in [3.63, 3.8) is 0 Å². The van der Waals surface area contributed by atoms with Gasteiger partial charge in [0.1, 0.15) is 5.75 Å². The summed E-state index contributed by atoms with van der Waals surface area (Å²) in [5, 5.41) is 3.51. The summed E-state index contributed by atoms with van der Waals surface area (Å²) in [5.41, 5.74) is 0.522. The van der Waals surface area contributed by atoms with E-state index in [9.17, 15) is 13.6 Å². The summed E-state index contributed by atoms with van der Waals surface area (Å²) in [6.45, 7) is 9.02. The van der Waals surface area contributed by atoms with Crippen molar-refractivity contribution in [3.05, 3.63) is 33.9 Å². The van der Waals surface area contributed by atoms with Gasteiger partial charge >= 0.3 is 5.97 Å². The minimum absolute atomic E-state index is 0.228. The van der Waals surface area contributed by atoms with E-state index in [1.807, 2.05) is 20.8 Å². The molecular weight excluding hydrogens is 368 g/mol. The number of alkyl halides is 2. The van der Waals surface area contributed by atoms with Crippen LogP contribution in [0.3, 0.4) is 0 Å². The molecule has 0 saturated heterocycles. The predicted octanol–water partition coefficient (Wildman–Crippen LogP) is 4.57. The topological polar surface area (TPSA) is 57.1 Å². The fourth-order valence-corrected chi connectivity index (χ4v) is 2.99. The zero-order valence-electron chi connectivity index (χ0n) is 14.9.